The Bertz CT molecular complexity index is 3020. The van der Waals surface area contributed by atoms with Gasteiger partial charge < -0.3 is 9.64 Å². The van der Waals surface area contributed by atoms with Crippen molar-refractivity contribution in [1.29, 1.82) is 0 Å². The monoisotopic (exact) mass is 983 g/mol. The van der Waals surface area contributed by atoms with Gasteiger partial charge in [-0.15, -0.1) is 0 Å². The molecule has 66 heavy (non-hydrogen) atoms. The number of rotatable bonds is 7. The predicted molar refractivity (Wildman–Crippen MR) is 287 cm³/mol. The predicted octanol–water partition coefficient (Wildman–Crippen LogP) is 19.4. The maximum Gasteiger partial charge on any atom is 0.152 e. The summed E-state index contributed by atoms with van der Waals surface area (Å²) in [4.78, 5) is 2.35. The largest absolute Gasteiger partial charge is 0.453 e. The van der Waals surface area contributed by atoms with Crippen molar-refractivity contribution >= 4 is 48.9 Å². The van der Waals surface area contributed by atoms with E-state index in [1.807, 2.05) is 0 Å². The maximum atomic E-state index is 6.64. The summed E-state index contributed by atoms with van der Waals surface area (Å²) in [5.41, 5.74) is 19.6. The molecule has 10 rings (SSSR count). The van der Waals surface area contributed by atoms with Crippen LogP contribution >= 0.6 is 31.9 Å². The Kier molecular flexibility index (Phi) is 11.5. The van der Waals surface area contributed by atoms with Crippen LogP contribution in [-0.2, 0) is 10.8 Å². The van der Waals surface area contributed by atoms with E-state index in [4.69, 9.17) is 4.74 Å². The van der Waals surface area contributed by atoms with Crippen LogP contribution in [0.3, 0.4) is 0 Å². The molecule has 0 bridgehead atoms. The summed E-state index contributed by atoms with van der Waals surface area (Å²) < 4.78 is 8.55. The van der Waals surface area contributed by atoms with E-state index in [2.05, 4.69) is 278 Å². The first-order chi connectivity index (χ1) is 31.7. The second-order valence-electron chi connectivity index (χ2n) is 19.4. The second-order valence-corrected chi connectivity index (χ2v) is 21.2. The lowest BCUT2D eigenvalue weighted by Crippen LogP contribution is -2.16. The SMILES string of the molecule is CC(C)(C)c1ccc(-c2cc(-c3ccccc3)cc(-c3cc(-c4cc(-c5ccccc5)cc(-c5ccc(C(C)(C)C)cc5)c4)cc(N4c5ccc(Br)cc5Oc5cc(Br)ccc54)c3)c2)cc1. The van der Waals surface area contributed by atoms with Gasteiger partial charge in [0.2, 0.25) is 0 Å². The van der Waals surface area contributed by atoms with Crippen LogP contribution in [0.4, 0.5) is 17.1 Å². The van der Waals surface area contributed by atoms with Crippen molar-refractivity contribution in [1.82, 2.24) is 0 Å². The molecule has 2 nitrogen and oxygen atoms in total. The summed E-state index contributed by atoms with van der Waals surface area (Å²) in [6.07, 6.45) is 0. The fourth-order valence-electron chi connectivity index (χ4n) is 8.95. The van der Waals surface area contributed by atoms with Crippen LogP contribution in [0, 0.1) is 0 Å². The topological polar surface area (TPSA) is 12.5 Å². The molecular formula is C62H51Br2NO. The van der Waals surface area contributed by atoms with Crippen LogP contribution in [0.5, 0.6) is 11.5 Å². The molecule has 0 N–H and O–H groups in total. The second kappa shape index (κ2) is 17.4. The van der Waals surface area contributed by atoms with Gasteiger partial charge in [0.05, 0.1) is 11.4 Å². The molecule has 0 aliphatic carbocycles. The van der Waals surface area contributed by atoms with Crippen LogP contribution in [0.15, 0.2) is 209 Å². The number of ether oxygens (including phenoxy) is 1. The molecule has 1 aliphatic heterocycles. The molecule has 0 spiro atoms. The van der Waals surface area contributed by atoms with E-state index in [-0.39, 0.29) is 10.8 Å². The number of nitrogens with zero attached hydrogens (tertiary/aromatic N) is 1. The highest BCUT2D eigenvalue weighted by atomic mass is 79.9. The Morgan fingerprint density at radius 1 is 0.318 bits per heavy atom. The van der Waals surface area contributed by atoms with Crippen LogP contribution < -0.4 is 9.64 Å². The van der Waals surface area contributed by atoms with Gasteiger partial charge in [0.25, 0.3) is 0 Å². The number of hydrogen-bond donors (Lipinski definition) is 0. The molecule has 1 aliphatic rings. The smallest absolute Gasteiger partial charge is 0.152 e. The van der Waals surface area contributed by atoms with Crippen molar-refractivity contribution in [2.24, 2.45) is 0 Å². The number of benzene rings is 9. The average Bonchev–Trinajstić information content (AvgIpc) is 3.33. The van der Waals surface area contributed by atoms with Gasteiger partial charge in [0.1, 0.15) is 0 Å². The van der Waals surface area contributed by atoms with E-state index in [9.17, 15) is 0 Å². The first kappa shape index (κ1) is 43.4. The van der Waals surface area contributed by atoms with Gasteiger partial charge in [-0.1, -0.05) is 183 Å². The van der Waals surface area contributed by atoms with Gasteiger partial charge in [-0.3, -0.25) is 0 Å². The van der Waals surface area contributed by atoms with E-state index in [1.54, 1.807) is 0 Å². The van der Waals surface area contributed by atoms with Crippen LogP contribution in [0.2, 0.25) is 0 Å². The van der Waals surface area contributed by atoms with Gasteiger partial charge in [0.15, 0.2) is 11.5 Å². The van der Waals surface area contributed by atoms with Crippen LogP contribution in [-0.4, -0.2) is 0 Å². The molecule has 324 valence electrons. The molecule has 0 fully saturated rings. The van der Waals surface area contributed by atoms with Gasteiger partial charge in [0, 0.05) is 14.6 Å². The van der Waals surface area contributed by atoms with Gasteiger partial charge in [-0.25, -0.2) is 0 Å². The molecule has 1 heterocycles. The van der Waals surface area contributed by atoms with Crippen molar-refractivity contribution < 1.29 is 4.74 Å². The molecule has 0 saturated heterocycles. The van der Waals surface area contributed by atoms with Crippen LogP contribution in [0.1, 0.15) is 52.7 Å². The zero-order chi connectivity index (χ0) is 45.7. The summed E-state index contributed by atoms with van der Waals surface area (Å²) in [5.74, 6) is 1.56. The lowest BCUT2D eigenvalue weighted by atomic mass is 9.85. The minimum Gasteiger partial charge on any atom is -0.453 e. The average molecular weight is 986 g/mol. The minimum atomic E-state index is 0.0584. The van der Waals surface area contributed by atoms with E-state index < -0.39 is 0 Å². The third-order valence-corrected chi connectivity index (χ3v) is 13.6. The highest BCUT2D eigenvalue weighted by Gasteiger charge is 2.28. The molecule has 4 heteroatoms. The van der Waals surface area contributed by atoms with E-state index >= 15 is 0 Å². The first-order valence-corrected chi connectivity index (χ1v) is 24.2. The highest BCUT2D eigenvalue weighted by molar-refractivity contribution is 9.10. The quantitative estimate of drug-likeness (QED) is 0.158. The molecule has 0 unspecified atom stereocenters. The number of anilines is 3. The summed E-state index contributed by atoms with van der Waals surface area (Å²) in [6.45, 7) is 13.6. The molecule has 9 aromatic carbocycles. The Morgan fingerprint density at radius 2 is 0.621 bits per heavy atom. The standard InChI is InChI=1S/C62H51Br2NO/c1-61(2,3)52-21-17-42(18-22-52)46-29-44(40-13-9-7-10-14-40)31-48(33-46)50-35-51(37-56(36-50)65-57-27-25-54(63)38-59(57)66-60-39-55(64)26-28-58(60)65)49-32-45(41-15-11-8-12-16-41)30-47(34-49)43-19-23-53(24-20-43)62(4,5)6/h7-39H,1-6H3. The first-order valence-electron chi connectivity index (χ1n) is 22.6. The zero-order valence-corrected chi connectivity index (χ0v) is 41.3. The minimum absolute atomic E-state index is 0.0584. The summed E-state index contributed by atoms with van der Waals surface area (Å²) in [5, 5.41) is 0. The molecule has 0 radical (unpaired) electrons. The Balaban J connectivity index is 1.23. The van der Waals surface area contributed by atoms with Crippen molar-refractivity contribution in [3.8, 4) is 78.3 Å². The fraction of sp³-hybridized carbons (Fsp3) is 0.129. The summed E-state index contributed by atoms with van der Waals surface area (Å²) in [6, 6.07) is 73.4. The lowest BCUT2D eigenvalue weighted by Gasteiger charge is -2.33. The van der Waals surface area contributed by atoms with E-state index in [0.717, 1.165) is 59.8 Å². The van der Waals surface area contributed by atoms with E-state index in [1.165, 1.54) is 55.6 Å². The molecule has 9 aromatic rings. The third kappa shape index (κ3) is 8.93. The molecule has 0 aromatic heterocycles. The van der Waals surface area contributed by atoms with Gasteiger partial charge in [-0.2, -0.15) is 0 Å². The van der Waals surface area contributed by atoms with Gasteiger partial charge >= 0.3 is 0 Å². The molecule has 0 amide bonds. The number of fused-ring (bicyclic) bond motifs is 2. The lowest BCUT2D eigenvalue weighted by molar-refractivity contribution is 0.476. The Labute approximate surface area is 406 Å². The Hall–Kier alpha value is -6.46. The Morgan fingerprint density at radius 3 is 0.955 bits per heavy atom. The third-order valence-electron chi connectivity index (χ3n) is 12.6. The van der Waals surface area contributed by atoms with Crippen molar-refractivity contribution in [2.75, 3.05) is 4.90 Å². The van der Waals surface area contributed by atoms with Crippen molar-refractivity contribution in [2.45, 2.75) is 52.4 Å². The van der Waals surface area contributed by atoms with Crippen molar-refractivity contribution in [3.05, 3.63) is 220 Å². The summed E-state index contributed by atoms with van der Waals surface area (Å²) in [7, 11) is 0. The molecular weight excluding hydrogens is 934 g/mol. The molecule has 0 atom stereocenters. The highest BCUT2D eigenvalue weighted by Crippen LogP contribution is 2.53. The number of halogens is 2. The van der Waals surface area contributed by atoms with Crippen molar-refractivity contribution in [3.63, 3.8) is 0 Å². The zero-order valence-electron chi connectivity index (χ0n) is 38.2. The van der Waals surface area contributed by atoms with Gasteiger partial charge in [-0.05, 0) is 180 Å². The normalized spacial score (nSPS) is 12.3. The fourth-order valence-corrected chi connectivity index (χ4v) is 9.63. The maximum absolute atomic E-state index is 6.64. The number of hydrogen-bond acceptors (Lipinski definition) is 2. The summed E-state index contributed by atoms with van der Waals surface area (Å²) >= 11 is 7.46. The van der Waals surface area contributed by atoms with Crippen LogP contribution in [0.25, 0.3) is 66.8 Å². The van der Waals surface area contributed by atoms with E-state index in [0.29, 0.717) is 0 Å². The molecule has 0 saturated carbocycles.